The van der Waals surface area contributed by atoms with Crippen molar-refractivity contribution in [2.75, 3.05) is 45.9 Å². The van der Waals surface area contributed by atoms with Crippen LogP contribution in [0.4, 0.5) is 5.69 Å². The van der Waals surface area contributed by atoms with E-state index >= 15 is 0 Å². The van der Waals surface area contributed by atoms with Crippen molar-refractivity contribution in [3.05, 3.63) is 41.7 Å². The first-order valence-electron chi connectivity index (χ1n) is 9.52. The van der Waals surface area contributed by atoms with Crippen molar-refractivity contribution in [3.63, 3.8) is 0 Å². The molecule has 160 valence electrons. The van der Waals surface area contributed by atoms with Crippen LogP contribution in [0.15, 0.2) is 35.3 Å². The van der Waals surface area contributed by atoms with Gasteiger partial charge in [-0.15, -0.1) is 0 Å². The van der Waals surface area contributed by atoms with Gasteiger partial charge in [0.1, 0.15) is 11.5 Å². The molecule has 0 unspecified atom stereocenters. The summed E-state index contributed by atoms with van der Waals surface area (Å²) in [7, 11) is 6.80. The van der Waals surface area contributed by atoms with Gasteiger partial charge in [0, 0.05) is 51.1 Å². The van der Waals surface area contributed by atoms with E-state index < -0.39 is 0 Å². The van der Waals surface area contributed by atoms with Gasteiger partial charge >= 0.3 is 0 Å². The number of amides is 1. The number of ether oxygens (including phenoxy) is 2. The van der Waals surface area contributed by atoms with E-state index in [1.54, 1.807) is 48.9 Å². The Hall–Kier alpha value is -2.94. The van der Waals surface area contributed by atoms with Crippen molar-refractivity contribution in [2.45, 2.75) is 6.42 Å². The number of benzene rings is 1. The maximum Gasteiger partial charge on any atom is 0.276 e. The zero-order valence-corrected chi connectivity index (χ0v) is 18.7. The average molecular weight is 430 g/mol. The Morgan fingerprint density at radius 2 is 1.90 bits per heavy atom. The third kappa shape index (κ3) is 4.79. The van der Waals surface area contributed by atoms with Gasteiger partial charge in [-0.3, -0.25) is 14.5 Å². The van der Waals surface area contributed by atoms with Gasteiger partial charge in [0.05, 0.1) is 19.9 Å². The van der Waals surface area contributed by atoms with E-state index in [0.717, 1.165) is 35.9 Å². The second-order valence-corrected chi connectivity index (χ2v) is 7.52. The number of hydrogen-bond donors (Lipinski definition) is 1. The topological polar surface area (TPSA) is 81.0 Å². The minimum atomic E-state index is -0.291. The van der Waals surface area contributed by atoms with Crippen LogP contribution in [0.2, 0.25) is 0 Å². The van der Waals surface area contributed by atoms with Gasteiger partial charge < -0.3 is 19.7 Å². The number of hydrogen-bond acceptors (Lipinski definition) is 6. The summed E-state index contributed by atoms with van der Waals surface area (Å²) in [6.45, 7) is 1.67. The molecule has 0 fully saturated rings. The minimum absolute atomic E-state index is 0.291. The maximum atomic E-state index is 12.8. The molecule has 2 aromatic rings. The summed E-state index contributed by atoms with van der Waals surface area (Å²) in [5, 5.41) is 8.30. The van der Waals surface area contributed by atoms with Gasteiger partial charge in [0.15, 0.2) is 10.9 Å². The van der Waals surface area contributed by atoms with E-state index in [2.05, 4.69) is 26.4 Å². The summed E-state index contributed by atoms with van der Waals surface area (Å²) in [4.78, 5) is 19.4. The predicted octanol–water partition coefficient (Wildman–Crippen LogP) is 3.13. The molecule has 0 radical (unpaired) electrons. The van der Waals surface area contributed by atoms with Crippen molar-refractivity contribution in [1.29, 1.82) is 0 Å². The number of aliphatic imine (C=N–C) groups is 1. The normalized spacial score (nSPS) is 14.4. The van der Waals surface area contributed by atoms with Crippen molar-refractivity contribution in [2.24, 2.45) is 12.0 Å². The Morgan fingerprint density at radius 1 is 1.20 bits per heavy atom. The first-order chi connectivity index (χ1) is 14.5. The van der Waals surface area contributed by atoms with E-state index in [1.807, 2.05) is 26.4 Å². The van der Waals surface area contributed by atoms with Crippen LogP contribution in [0.3, 0.4) is 0 Å². The number of rotatable bonds is 5. The molecule has 3 rings (SSSR count). The number of aryl methyl sites for hydroxylation is 1. The molecule has 9 heteroatoms. The SMILES string of the molecule is CN=C(SC)N1CCC=C(c2cc(C(=O)Nc3cc(OC)cc(OC)c3)nn2C)C1. The number of aromatic nitrogens is 2. The smallest absolute Gasteiger partial charge is 0.276 e. The Bertz CT molecular complexity index is 961. The van der Waals surface area contributed by atoms with E-state index in [1.165, 1.54) is 0 Å². The molecule has 8 nitrogen and oxygen atoms in total. The summed E-state index contributed by atoms with van der Waals surface area (Å²) < 4.78 is 12.3. The van der Waals surface area contributed by atoms with Gasteiger partial charge in [0.25, 0.3) is 5.91 Å². The highest BCUT2D eigenvalue weighted by molar-refractivity contribution is 8.13. The lowest BCUT2D eigenvalue weighted by atomic mass is 10.1. The summed E-state index contributed by atoms with van der Waals surface area (Å²) in [5.74, 6) is 0.905. The van der Waals surface area contributed by atoms with Crippen molar-refractivity contribution >= 4 is 34.1 Å². The lowest BCUT2D eigenvalue weighted by molar-refractivity contribution is 0.102. The van der Waals surface area contributed by atoms with Crippen LogP contribution >= 0.6 is 11.8 Å². The molecular weight excluding hydrogens is 402 g/mol. The lowest BCUT2D eigenvalue weighted by Crippen LogP contribution is -2.34. The highest BCUT2D eigenvalue weighted by atomic mass is 32.2. The van der Waals surface area contributed by atoms with Gasteiger partial charge in [-0.1, -0.05) is 17.8 Å². The zero-order chi connectivity index (χ0) is 21.7. The number of nitrogens with one attached hydrogen (secondary N) is 1. The van der Waals surface area contributed by atoms with E-state index in [-0.39, 0.29) is 5.91 Å². The number of amidine groups is 1. The number of carbonyl (C=O) groups is 1. The molecule has 1 N–H and O–H groups in total. The first kappa shape index (κ1) is 21.8. The molecule has 0 saturated heterocycles. The fraction of sp³-hybridized carbons (Fsp3) is 0.381. The molecular formula is C21H27N5O3S. The third-order valence-corrected chi connectivity index (χ3v) is 5.65. The highest BCUT2D eigenvalue weighted by Crippen LogP contribution is 2.27. The maximum absolute atomic E-state index is 12.8. The second kappa shape index (κ2) is 9.71. The van der Waals surface area contributed by atoms with Crippen LogP contribution in [-0.4, -0.2) is 66.4 Å². The summed E-state index contributed by atoms with van der Waals surface area (Å²) >= 11 is 1.64. The second-order valence-electron chi connectivity index (χ2n) is 6.74. The Labute approximate surface area is 180 Å². The largest absolute Gasteiger partial charge is 0.497 e. The quantitative estimate of drug-likeness (QED) is 0.581. The van der Waals surface area contributed by atoms with Crippen molar-refractivity contribution < 1.29 is 14.3 Å². The van der Waals surface area contributed by atoms with Crippen LogP contribution in [0, 0.1) is 0 Å². The van der Waals surface area contributed by atoms with Crippen molar-refractivity contribution in [3.8, 4) is 11.5 Å². The van der Waals surface area contributed by atoms with E-state index in [4.69, 9.17) is 9.47 Å². The highest BCUT2D eigenvalue weighted by Gasteiger charge is 2.21. The summed E-state index contributed by atoms with van der Waals surface area (Å²) in [5.41, 5.74) is 2.98. The summed E-state index contributed by atoms with van der Waals surface area (Å²) in [6, 6.07) is 7.04. The van der Waals surface area contributed by atoms with Crippen molar-refractivity contribution in [1.82, 2.24) is 14.7 Å². The van der Waals surface area contributed by atoms with Crippen LogP contribution in [-0.2, 0) is 7.05 Å². The molecule has 0 bridgehead atoms. The summed E-state index contributed by atoms with van der Waals surface area (Å²) in [6.07, 6.45) is 5.15. The number of thioether (sulfide) groups is 1. The first-order valence-corrected chi connectivity index (χ1v) is 10.7. The van der Waals surface area contributed by atoms with Crippen LogP contribution in [0.1, 0.15) is 22.6 Å². The molecule has 0 aliphatic carbocycles. The molecule has 2 heterocycles. The predicted molar refractivity (Wildman–Crippen MR) is 122 cm³/mol. The number of carbonyl (C=O) groups excluding carboxylic acids is 1. The molecule has 1 aliphatic heterocycles. The third-order valence-electron chi connectivity index (χ3n) is 4.85. The molecule has 1 aromatic heterocycles. The molecule has 1 aromatic carbocycles. The minimum Gasteiger partial charge on any atom is -0.497 e. The Kier molecular flexibility index (Phi) is 7.04. The van der Waals surface area contributed by atoms with Crippen LogP contribution in [0.25, 0.3) is 5.57 Å². The van der Waals surface area contributed by atoms with Gasteiger partial charge in [-0.05, 0) is 24.3 Å². The van der Waals surface area contributed by atoms with Gasteiger partial charge in [0.2, 0.25) is 0 Å². The molecule has 1 amide bonds. The molecule has 30 heavy (non-hydrogen) atoms. The number of anilines is 1. The molecule has 0 saturated carbocycles. The lowest BCUT2D eigenvalue weighted by Gasteiger charge is -2.29. The fourth-order valence-electron chi connectivity index (χ4n) is 3.41. The molecule has 0 spiro atoms. The van der Waals surface area contributed by atoms with Crippen LogP contribution < -0.4 is 14.8 Å². The van der Waals surface area contributed by atoms with E-state index in [0.29, 0.717) is 22.9 Å². The van der Waals surface area contributed by atoms with Gasteiger partial charge in [-0.2, -0.15) is 5.10 Å². The molecule has 0 atom stereocenters. The number of nitrogens with zero attached hydrogens (tertiary/aromatic N) is 4. The Morgan fingerprint density at radius 3 is 2.50 bits per heavy atom. The number of methoxy groups -OCH3 is 2. The van der Waals surface area contributed by atoms with E-state index in [9.17, 15) is 4.79 Å². The van der Waals surface area contributed by atoms with Gasteiger partial charge in [-0.25, -0.2) is 0 Å². The Balaban J connectivity index is 1.79. The van der Waals surface area contributed by atoms with Crippen LogP contribution in [0.5, 0.6) is 11.5 Å². The zero-order valence-electron chi connectivity index (χ0n) is 17.9. The average Bonchev–Trinajstić information content (AvgIpc) is 3.16. The molecule has 1 aliphatic rings. The standard InChI is InChI=1S/C21H27N5O3S/c1-22-21(30-5)26-8-6-7-14(13-26)19-12-18(24-25(19)2)20(27)23-15-9-16(28-3)11-17(10-15)29-4/h7,9-12H,6,8,13H2,1-5H3,(H,23,27). The monoisotopic (exact) mass is 429 g/mol. The fourth-order valence-corrected chi connectivity index (χ4v) is 4.00.